The number of piperidine rings is 1. The van der Waals surface area contributed by atoms with E-state index in [4.69, 9.17) is 5.73 Å². The minimum absolute atomic E-state index is 0.298. The Labute approximate surface area is 165 Å². The molecule has 2 aromatic rings. The van der Waals surface area contributed by atoms with Crippen LogP contribution in [0.2, 0.25) is 0 Å². The number of rotatable bonds is 2. The number of likely N-dealkylation sites (tertiary alicyclic amines) is 1. The van der Waals surface area contributed by atoms with Gasteiger partial charge < -0.3 is 16.0 Å². The van der Waals surface area contributed by atoms with Gasteiger partial charge in [0.2, 0.25) is 0 Å². The first-order valence-electron chi connectivity index (χ1n) is 9.18. The van der Waals surface area contributed by atoms with Gasteiger partial charge in [-0.05, 0) is 55.5 Å². The van der Waals surface area contributed by atoms with E-state index in [1.165, 1.54) is 17.2 Å². The molecule has 6 nitrogen and oxygen atoms in total. The van der Waals surface area contributed by atoms with Gasteiger partial charge in [0.1, 0.15) is 5.82 Å². The van der Waals surface area contributed by atoms with E-state index in [1.807, 2.05) is 0 Å². The average Bonchev–Trinajstić information content (AvgIpc) is 2.69. The lowest BCUT2D eigenvalue weighted by molar-refractivity contribution is -0.145. The maximum absolute atomic E-state index is 13.1. The fourth-order valence-electron chi connectivity index (χ4n) is 3.41. The molecule has 3 N–H and O–H groups in total. The number of nitrogens with zero attached hydrogens (tertiary/aromatic N) is 2. The maximum Gasteiger partial charge on any atom is 0.416 e. The zero-order valence-electron chi connectivity index (χ0n) is 15.8. The van der Waals surface area contributed by atoms with Crippen LogP contribution < -0.4 is 11.1 Å². The van der Waals surface area contributed by atoms with Gasteiger partial charge in [0.15, 0.2) is 0 Å². The van der Waals surface area contributed by atoms with Crippen LogP contribution in [0.5, 0.6) is 0 Å². The van der Waals surface area contributed by atoms with Crippen molar-refractivity contribution in [3.05, 3.63) is 53.2 Å². The second-order valence-electron chi connectivity index (χ2n) is 7.01. The van der Waals surface area contributed by atoms with Crippen LogP contribution in [0.15, 0.2) is 36.5 Å². The largest absolute Gasteiger partial charge is 0.416 e. The third-order valence-electron chi connectivity index (χ3n) is 4.93. The van der Waals surface area contributed by atoms with Gasteiger partial charge in [-0.3, -0.25) is 9.59 Å². The minimum Gasteiger partial charge on any atom is -0.383 e. The van der Waals surface area contributed by atoms with Crippen LogP contribution >= 0.6 is 0 Å². The second kappa shape index (κ2) is 8.10. The first kappa shape index (κ1) is 20.6. The molecule has 2 amide bonds. The molecule has 2 heterocycles. The molecule has 1 aliphatic rings. The van der Waals surface area contributed by atoms with Gasteiger partial charge in [0.25, 0.3) is 0 Å². The lowest BCUT2D eigenvalue weighted by Gasteiger charge is -2.35. The van der Waals surface area contributed by atoms with Crippen molar-refractivity contribution in [3.8, 4) is 0 Å². The zero-order chi connectivity index (χ0) is 21.2. The fraction of sp³-hybridized carbons (Fsp3) is 0.350. The number of carbonyl (C=O) groups is 2. The van der Waals surface area contributed by atoms with E-state index < -0.39 is 29.6 Å². The molecule has 0 unspecified atom stereocenters. The van der Waals surface area contributed by atoms with E-state index in [-0.39, 0.29) is 0 Å². The molecule has 9 heteroatoms. The molecular weight excluding hydrogens is 385 g/mol. The van der Waals surface area contributed by atoms with Crippen LogP contribution in [0, 0.1) is 6.92 Å². The number of benzene rings is 1. The van der Waals surface area contributed by atoms with Crippen LogP contribution in [0.25, 0.3) is 0 Å². The Kier molecular flexibility index (Phi) is 5.76. The van der Waals surface area contributed by atoms with E-state index in [0.29, 0.717) is 42.0 Å². The number of nitrogens with two attached hydrogens (primary N) is 1. The summed E-state index contributed by atoms with van der Waals surface area (Å²) >= 11 is 0. The van der Waals surface area contributed by atoms with E-state index in [1.54, 1.807) is 19.1 Å². The summed E-state index contributed by atoms with van der Waals surface area (Å²) in [6.45, 7) is 2.01. The molecule has 1 atom stereocenters. The molecule has 154 valence electrons. The molecule has 0 aliphatic carbocycles. The van der Waals surface area contributed by atoms with Crippen molar-refractivity contribution in [2.24, 2.45) is 0 Å². The van der Waals surface area contributed by atoms with Gasteiger partial charge in [-0.15, -0.1) is 0 Å². The number of anilines is 2. The van der Waals surface area contributed by atoms with Gasteiger partial charge in [-0.1, -0.05) is 12.1 Å². The molecule has 1 saturated heterocycles. The van der Waals surface area contributed by atoms with Crippen LogP contribution in [-0.2, 0) is 15.8 Å². The summed E-state index contributed by atoms with van der Waals surface area (Å²) in [5.41, 5.74) is 6.20. The Balaban J connectivity index is 1.80. The van der Waals surface area contributed by atoms with Crippen molar-refractivity contribution in [3.63, 3.8) is 0 Å². The molecule has 1 aromatic carbocycles. The number of aromatic nitrogens is 1. The van der Waals surface area contributed by atoms with Crippen LogP contribution in [0.3, 0.4) is 0 Å². The molecule has 29 heavy (non-hydrogen) atoms. The van der Waals surface area contributed by atoms with Crippen LogP contribution in [-0.4, -0.2) is 28.2 Å². The van der Waals surface area contributed by atoms with Crippen molar-refractivity contribution in [1.29, 1.82) is 0 Å². The van der Waals surface area contributed by atoms with Crippen molar-refractivity contribution >= 4 is 23.3 Å². The Morgan fingerprint density at radius 1 is 1.24 bits per heavy atom. The normalized spacial score (nSPS) is 17.1. The van der Waals surface area contributed by atoms with Crippen molar-refractivity contribution in [2.75, 3.05) is 17.6 Å². The summed E-state index contributed by atoms with van der Waals surface area (Å²) in [6.07, 6.45) is -1.21. The summed E-state index contributed by atoms with van der Waals surface area (Å²) in [6, 6.07) is 5.90. The highest BCUT2D eigenvalue weighted by Crippen LogP contribution is 2.35. The molecule has 0 bridgehead atoms. The summed E-state index contributed by atoms with van der Waals surface area (Å²) in [4.78, 5) is 30.5. The number of nitrogens with one attached hydrogen (secondary N) is 1. The Hall–Kier alpha value is -3.10. The number of halogens is 3. The first-order valence-corrected chi connectivity index (χ1v) is 9.18. The Morgan fingerprint density at radius 3 is 2.69 bits per heavy atom. The van der Waals surface area contributed by atoms with Gasteiger partial charge in [0, 0.05) is 6.54 Å². The third-order valence-corrected chi connectivity index (χ3v) is 4.93. The molecule has 0 saturated carbocycles. The van der Waals surface area contributed by atoms with Crippen molar-refractivity contribution < 1.29 is 22.8 Å². The zero-order valence-corrected chi connectivity index (χ0v) is 15.8. The van der Waals surface area contributed by atoms with Crippen LogP contribution in [0.1, 0.15) is 42.0 Å². The summed E-state index contributed by atoms with van der Waals surface area (Å²) in [7, 11) is 0. The molecule has 1 aliphatic heterocycles. The van der Waals surface area contributed by atoms with Gasteiger partial charge in [-0.25, -0.2) is 4.98 Å². The van der Waals surface area contributed by atoms with E-state index in [0.717, 1.165) is 18.6 Å². The number of pyridine rings is 1. The average molecular weight is 406 g/mol. The monoisotopic (exact) mass is 406 g/mol. The number of hydrogen-bond donors (Lipinski definition) is 2. The quantitative estimate of drug-likeness (QED) is 0.745. The first-order chi connectivity index (χ1) is 13.7. The Morgan fingerprint density at radius 2 is 2.00 bits per heavy atom. The van der Waals surface area contributed by atoms with E-state index in [9.17, 15) is 22.8 Å². The number of amides is 2. The predicted molar refractivity (Wildman–Crippen MR) is 102 cm³/mol. The number of hydrogen-bond acceptors (Lipinski definition) is 4. The minimum atomic E-state index is -4.48. The van der Waals surface area contributed by atoms with Gasteiger partial charge in [-0.2, -0.15) is 13.2 Å². The topological polar surface area (TPSA) is 88.3 Å². The SMILES string of the molecule is Cc1cc(NC(=O)C(=O)N2CCCC[C@H]2c2cccc(C(F)(F)F)c2)cnc1N. The highest BCUT2D eigenvalue weighted by Gasteiger charge is 2.35. The summed E-state index contributed by atoms with van der Waals surface area (Å²) in [5, 5.41) is 2.49. The van der Waals surface area contributed by atoms with Crippen molar-refractivity contribution in [1.82, 2.24) is 9.88 Å². The summed E-state index contributed by atoms with van der Waals surface area (Å²) < 4.78 is 39.2. The molecule has 1 fully saturated rings. The molecule has 3 rings (SSSR count). The van der Waals surface area contributed by atoms with E-state index in [2.05, 4.69) is 10.3 Å². The van der Waals surface area contributed by atoms with Gasteiger partial charge >= 0.3 is 18.0 Å². The molecule has 0 radical (unpaired) electrons. The number of aryl methyl sites for hydroxylation is 1. The maximum atomic E-state index is 13.1. The molecule has 1 aromatic heterocycles. The van der Waals surface area contributed by atoms with E-state index >= 15 is 0 Å². The van der Waals surface area contributed by atoms with Crippen LogP contribution in [0.4, 0.5) is 24.7 Å². The fourth-order valence-corrected chi connectivity index (χ4v) is 3.41. The highest BCUT2D eigenvalue weighted by atomic mass is 19.4. The second-order valence-corrected chi connectivity index (χ2v) is 7.01. The Bertz CT molecular complexity index is 930. The lowest BCUT2D eigenvalue weighted by Crippen LogP contribution is -2.44. The highest BCUT2D eigenvalue weighted by molar-refractivity contribution is 6.39. The number of carbonyl (C=O) groups excluding carboxylic acids is 2. The molecule has 0 spiro atoms. The smallest absolute Gasteiger partial charge is 0.383 e. The number of alkyl halides is 3. The predicted octanol–water partition coefficient (Wildman–Crippen LogP) is 3.68. The number of nitrogen functional groups attached to an aromatic ring is 1. The standard InChI is InChI=1S/C20H21F3N4O2/c1-12-9-15(11-25-17(12)24)26-18(28)19(29)27-8-3-2-7-16(27)13-5-4-6-14(10-13)20(21,22)23/h4-6,9-11,16H,2-3,7-8H2,1H3,(H2,24,25)(H,26,28)/t16-/m0/s1. The van der Waals surface area contributed by atoms with Gasteiger partial charge in [0.05, 0.1) is 23.5 Å². The van der Waals surface area contributed by atoms with Crippen molar-refractivity contribution in [2.45, 2.75) is 38.4 Å². The summed E-state index contributed by atoms with van der Waals surface area (Å²) in [5.74, 6) is -1.34. The third kappa shape index (κ3) is 4.67. The molecular formula is C20H21F3N4O2. The lowest BCUT2D eigenvalue weighted by atomic mass is 9.94.